The van der Waals surface area contributed by atoms with E-state index in [0.29, 0.717) is 17.3 Å². The first-order chi connectivity index (χ1) is 10.1. The number of nitriles is 1. The van der Waals surface area contributed by atoms with Gasteiger partial charge in [-0.3, -0.25) is 0 Å². The third kappa shape index (κ3) is 3.19. The Bertz CT molecular complexity index is 669. The Morgan fingerprint density at radius 1 is 1.29 bits per heavy atom. The number of aryl methyl sites for hydroxylation is 1. The average Bonchev–Trinajstić information content (AvgIpc) is 2.95. The molecule has 0 amide bonds. The zero-order valence-corrected chi connectivity index (χ0v) is 13.6. The minimum atomic E-state index is 0.381. The maximum absolute atomic E-state index is 9.45. The van der Waals surface area contributed by atoms with Gasteiger partial charge in [-0.2, -0.15) is 10.4 Å². The lowest BCUT2D eigenvalue weighted by Gasteiger charge is -2.10. The molecule has 2 aromatic heterocycles. The zero-order chi connectivity index (χ0) is 15.4. The number of anilines is 2. The van der Waals surface area contributed by atoms with Gasteiger partial charge in [0.1, 0.15) is 11.6 Å². The predicted octanol–water partition coefficient (Wildman–Crippen LogP) is 3.80. The summed E-state index contributed by atoms with van der Waals surface area (Å²) in [6, 6.07) is 2.25. The van der Waals surface area contributed by atoms with Crippen LogP contribution in [0, 0.1) is 11.3 Å². The van der Waals surface area contributed by atoms with Crippen molar-refractivity contribution < 1.29 is 0 Å². The van der Waals surface area contributed by atoms with Gasteiger partial charge in [-0.25, -0.2) is 4.98 Å². The molecular formula is C15H19N5S. The quantitative estimate of drug-likeness (QED) is 0.909. The lowest BCUT2D eigenvalue weighted by Crippen LogP contribution is -2.07. The number of hydrogen-bond donors (Lipinski definition) is 1. The van der Waals surface area contributed by atoms with Crippen LogP contribution in [0.3, 0.4) is 0 Å². The number of aromatic nitrogens is 3. The molecule has 110 valence electrons. The van der Waals surface area contributed by atoms with Crippen LogP contribution >= 0.6 is 11.3 Å². The summed E-state index contributed by atoms with van der Waals surface area (Å²) in [7, 11) is 0. The van der Waals surface area contributed by atoms with E-state index in [1.54, 1.807) is 0 Å². The standard InChI is InChI=1S/C15H19N5S/c1-5-10-11(7-16)14(20-19-12(10)6-2)18-15-17-13(8-21-15)9(3)4/h8-9H,5-6H2,1-4H3,(H,17,18,20). The van der Waals surface area contributed by atoms with Gasteiger partial charge in [0.2, 0.25) is 0 Å². The van der Waals surface area contributed by atoms with Gasteiger partial charge in [0.25, 0.3) is 0 Å². The molecule has 0 saturated carbocycles. The summed E-state index contributed by atoms with van der Waals surface area (Å²) in [5.41, 5.74) is 3.47. The van der Waals surface area contributed by atoms with E-state index in [4.69, 9.17) is 0 Å². The number of nitrogens with one attached hydrogen (secondary N) is 1. The van der Waals surface area contributed by atoms with Gasteiger partial charge in [-0.1, -0.05) is 27.7 Å². The topological polar surface area (TPSA) is 74.5 Å². The highest BCUT2D eigenvalue weighted by molar-refractivity contribution is 7.13. The molecule has 0 fully saturated rings. The molecule has 0 aromatic carbocycles. The molecule has 0 radical (unpaired) electrons. The Kier molecular flexibility index (Phi) is 4.86. The number of thiazole rings is 1. The molecule has 2 heterocycles. The van der Waals surface area contributed by atoms with Crippen molar-refractivity contribution in [1.82, 2.24) is 15.2 Å². The Labute approximate surface area is 129 Å². The number of nitrogens with zero attached hydrogens (tertiary/aromatic N) is 4. The van der Waals surface area contributed by atoms with Gasteiger partial charge in [0.05, 0.1) is 11.4 Å². The van der Waals surface area contributed by atoms with E-state index in [-0.39, 0.29) is 0 Å². The van der Waals surface area contributed by atoms with Crippen molar-refractivity contribution in [1.29, 1.82) is 5.26 Å². The lowest BCUT2D eigenvalue weighted by molar-refractivity contribution is 0.833. The normalized spacial score (nSPS) is 10.7. The van der Waals surface area contributed by atoms with Gasteiger partial charge in [-0.05, 0) is 24.3 Å². The van der Waals surface area contributed by atoms with Crippen molar-refractivity contribution in [3.63, 3.8) is 0 Å². The lowest BCUT2D eigenvalue weighted by atomic mass is 10.0. The van der Waals surface area contributed by atoms with Crippen LogP contribution in [-0.2, 0) is 12.8 Å². The summed E-state index contributed by atoms with van der Waals surface area (Å²) >= 11 is 1.52. The van der Waals surface area contributed by atoms with Crippen molar-refractivity contribution in [2.45, 2.75) is 46.5 Å². The molecule has 0 atom stereocenters. The van der Waals surface area contributed by atoms with Crippen LogP contribution in [0.15, 0.2) is 5.38 Å². The molecule has 1 N–H and O–H groups in total. The van der Waals surface area contributed by atoms with Crippen LogP contribution < -0.4 is 5.32 Å². The molecule has 0 aliphatic carbocycles. The Morgan fingerprint density at radius 2 is 2.05 bits per heavy atom. The average molecular weight is 301 g/mol. The Balaban J connectivity index is 2.37. The smallest absolute Gasteiger partial charge is 0.188 e. The van der Waals surface area contributed by atoms with Gasteiger partial charge in [0.15, 0.2) is 10.9 Å². The summed E-state index contributed by atoms with van der Waals surface area (Å²) in [5.74, 6) is 0.878. The molecule has 0 bridgehead atoms. The van der Waals surface area contributed by atoms with Crippen LogP contribution in [0.2, 0.25) is 0 Å². The second kappa shape index (κ2) is 6.64. The van der Waals surface area contributed by atoms with Gasteiger partial charge in [0, 0.05) is 5.38 Å². The second-order valence-electron chi connectivity index (χ2n) is 5.02. The molecule has 2 rings (SSSR count). The molecule has 0 spiro atoms. The first kappa shape index (κ1) is 15.4. The first-order valence-electron chi connectivity index (χ1n) is 7.11. The van der Waals surface area contributed by atoms with E-state index in [0.717, 1.165) is 34.9 Å². The molecule has 0 unspecified atom stereocenters. The van der Waals surface area contributed by atoms with Crippen LogP contribution in [-0.4, -0.2) is 15.2 Å². The second-order valence-corrected chi connectivity index (χ2v) is 5.88. The summed E-state index contributed by atoms with van der Waals surface area (Å²) in [5, 5.41) is 23.7. The third-order valence-corrected chi connectivity index (χ3v) is 4.07. The number of hydrogen-bond acceptors (Lipinski definition) is 6. The van der Waals surface area contributed by atoms with Crippen LogP contribution in [0.1, 0.15) is 56.1 Å². The minimum absolute atomic E-state index is 0.381. The van der Waals surface area contributed by atoms with Gasteiger partial charge >= 0.3 is 0 Å². The zero-order valence-electron chi connectivity index (χ0n) is 12.8. The van der Waals surface area contributed by atoms with Crippen molar-refractivity contribution in [2.24, 2.45) is 0 Å². The van der Waals surface area contributed by atoms with E-state index in [1.165, 1.54) is 11.3 Å². The molecule has 0 saturated heterocycles. The highest BCUT2D eigenvalue weighted by atomic mass is 32.1. The maximum Gasteiger partial charge on any atom is 0.188 e. The fraction of sp³-hybridized carbons (Fsp3) is 0.467. The summed E-state index contributed by atoms with van der Waals surface area (Å²) in [6.07, 6.45) is 1.55. The van der Waals surface area contributed by atoms with E-state index in [2.05, 4.69) is 40.4 Å². The molecule has 0 aliphatic heterocycles. The fourth-order valence-electron chi connectivity index (χ4n) is 2.09. The molecule has 2 aromatic rings. The van der Waals surface area contributed by atoms with Crippen molar-refractivity contribution in [2.75, 3.05) is 5.32 Å². The summed E-state index contributed by atoms with van der Waals surface area (Å²) in [6.45, 7) is 8.25. The molecular weight excluding hydrogens is 282 g/mol. The van der Waals surface area contributed by atoms with E-state index in [9.17, 15) is 5.26 Å². The molecule has 0 aliphatic rings. The fourth-order valence-corrected chi connectivity index (χ4v) is 2.96. The molecule has 21 heavy (non-hydrogen) atoms. The van der Waals surface area contributed by atoms with Crippen LogP contribution in [0.4, 0.5) is 10.9 Å². The maximum atomic E-state index is 9.45. The van der Waals surface area contributed by atoms with E-state index >= 15 is 0 Å². The Hall–Kier alpha value is -2.00. The summed E-state index contributed by atoms with van der Waals surface area (Å²) in [4.78, 5) is 4.51. The predicted molar refractivity (Wildman–Crippen MR) is 85.0 cm³/mol. The highest BCUT2D eigenvalue weighted by Crippen LogP contribution is 2.27. The first-order valence-corrected chi connectivity index (χ1v) is 7.99. The summed E-state index contributed by atoms with van der Waals surface area (Å²) < 4.78 is 0. The minimum Gasteiger partial charge on any atom is -0.314 e. The number of rotatable bonds is 5. The SMILES string of the molecule is CCc1nnc(Nc2nc(C(C)C)cs2)c(C#N)c1CC. The largest absolute Gasteiger partial charge is 0.314 e. The van der Waals surface area contributed by atoms with Gasteiger partial charge in [-0.15, -0.1) is 16.4 Å². The monoisotopic (exact) mass is 301 g/mol. The van der Waals surface area contributed by atoms with Crippen molar-refractivity contribution in [3.8, 4) is 6.07 Å². The molecule has 5 nitrogen and oxygen atoms in total. The van der Waals surface area contributed by atoms with E-state index < -0.39 is 0 Å². The van der Waals surface area contributed by atoms with Crippen LogP contribution in [0.5, 0.6) is 0 Å². The third-order valence-electron chi connectivity index (χ3n) is 3.30. The van der Waals surface area contributed by atoms with E-state index in [1.807, 2.05) is 19.2 Å². The van der Waals surface area contributed by atoms with Gasteiger partial charge < -0.3 is 5.32 Å². The van der Waals surface area contributed by atoms with Crippen LogP contribution in [0.25, 0.3) is 0 Å². The van der Waals surface area contributed by atoms with Crippen molar-refractivity contribution in [3.05, 3.63) is 27.9 Å². The van der Waals surface area contributed by atoms with Crippen molar-refractivity contribution >= 4 is 22.3 Å². The highest BCUT2D eigenvalue weighted by Gasteiger charge is 2.15. The molecule has 6 heteroatoms. The Morgan fingerprint density at radius 3 is 2.57 bits per heavy atom.